The molecule has 0 aromatic carbocycles. The number of nitrogens with one attached hydrogen (secondary N) is 1. The van der Waals surface area contributed by atoms with E-state index >= 15 is 0 Å². The van der Waals surface area contributed by atoms with Crippen molar-refractivity contribution < 1.29 is 0 Å². The molecule has 5 nitrogen and oxygen atoms in total. The molecular formula is C15H23N5. The summed E-state index contributed by atoms with van der Waals surface area (Å²) in [5.41, 5.74) is 4.33. The molecule has 0 aliphatic heterocycles. The van der Waals surface area contributed by atoms with Crippen LogP contribution in [-0.2, 0) is 25.6 Å². The molecule has 0 aliphatic rings. The quantitative estimate of drug-likeness (QED) is 0.927. The van der Waals surface area contributed by atoms with Gasteiger partial charge in [-0.2, -0.15) is 5.10 Å². The van der Waals surface area contributed by atoms with Gasteiger partial charge in [-0.15, -0.1) is 0 Å². The lowest BCUT2D eigenvalue weighted by molar-refractivity contribution is 0.543. The van der Waals surface area contributed by atoms with Crippen molar-refractivity contribution in [1.82, 2.24) is 25.1 Å². The van der Waals surface area contributed by atoms with E-state index in [1.54, 1.807) is 6.20 Å². The summed E-state index contributed by atoms with van der Waals surface area (Å²) in [6.07, 6.45) is 5.69. The topological polar surface area (TPSA) is 55.6 Å². The summed E-state index contributed by atoms with van der Waals surface area (Å²) < 4.78 is 1.88. The Bertz CT molecular complexity index is 563. The fourth-order valence-corrected chi connectivity index (χ4v) is 2.13. The van der Waals surface area contributed by atoms with E-state index < -0.39 is 0 Å². The third-order valence-electron chi connectivity index (χ3n) is 3.07. The molecule has 0 radical (unpaired) electrons. The minimum absolute atomic E-state index is 0.0575. The Balaban J connectivity index is 1.99. The number of hydrogen-bond donors (Lipinski definition) is 1. The minimum atomic E-state index is 0.0575. The lowest BCUT2D eigenvalue weighted by Gasteiger charge is -2.17. The average molecular weight is 273 g/mol. The second kappa shape index (κ2) is 5.71. The first-order valence-corrected chi connectivity index (χ1v) is 6.87. The summed E-state index contributed by atoms with van der Waals surface area (Å²) in [6.45, 7) is 10.00. The lowest BCUT2D eigenvalue weighted by atomic mass is 9.89. The van der Waals surface area contributed by atoms with E-state index in [2.05, 4.69) is 47.4 Å². The highest BCUT2D eigenvalue weighted by Gasteiger charge is 2.21. The van der Waals surface area contributed by atoms with Gasteiger partial charge in [0.25, 0.3) is 0 Å². The maximum atomic E-state index is 4.57. The van der Waals surface area contributed by atoms with Crippen LogP contribution in [0.5, 0.6) is 0 Å². The highest BCUT2D eigenvalue weighted by Crippen LogP contribution is 2.23. The van der Waals surface area contributed by atoms with E-state index in [1.165, 1.54) is 5.56 Å². The van der Waals surface area contributed by atoms with Crippen molar-refractivity contribution >= 4 is 0 Å². The molecule has 0 saturated heterocycles. The van der Waals surface area contributed by atoms with E-state index in [0.717, 1.165) is 23.6 Å². The van der Waals surface area contributed by atoms with Gasteiger partial charge in [0.2, 0.25) is 0 Å². The van der Waals surface area contributed by atoms with Crippen LogP contribution in [0.4, 0.5) is 0 Å². The zero-order valence-electron chi connectivity index (χ0n) is 12.9. The van der Waals surface area contributed by atoms with Gasteiger partial charge < -0.3 is 5.32 Å². The second-order valence-electron chi connectivity index (χ2n) is 6.18. The van der Waals surface area contributed by atoms with E-state index in [4.69, 9.17) is 0 Å². The second-order valence-corrected chi connectivity index (χ2v) is 6.18. The minimum Gasteiger partial charge on any atom is -0.307 e. The van der Waals surface area contributed by atoms with Gasteiger partial charge in [-0.3, -0.25) is 14.6 Å². The van der Waals surface area contributed by atoms with E-state index in [1.807, 2.05) is 24.9 Å². The Labute approximate surface area is 120 Å². The number of aryl methyl sites for hydroxylation is 2. The molecule has 2 rings (SSSR count). The van der Waals surface area contributed by atoms with E-state index in [0.29, 0.717) is 6.54 Å². The summed E-state index contributed by atoms with van der Waals surface area (Å²) in [6, 6.07) is 0. The van der Waals surface area contributed by atoms with E-state index in [-0.39, 0.29) is 5.41 Å². The van der Waals surface area contributed by atoms with Crippen molar-refractivity contribution in [2.75, 3.05) is 0 Å². The van der Waals surface area contributed by atoms with Crippen molar-refractivity contribution in [3.05, 3.63) is 41.2 Å². The molecule has 0 saturated carbocycles. The molecule has 0 atom stereocenters. The standard InChI is InChI=1S/C15H23N5/c1-11-6-18-13(9-17-11)8-16-7-12-10-20(5)19-14(12)15(2,3)4/h6,9-10,16H,7-8H2,1-5H3. The van der Waals surface area contributed by atoms with Crippen molar-refractivity contribution in [2.45, 2.75) is 46.2 Å². The molecule has 0 bridgehead atoms. The molecule has 0 unspecified atom stereocenters. The van der Waals surface area contributed by atoms with E-state index in [9.17, 15) is 0 Å². The Morgan fingerprint density at radius 3 is 2.50 bits per heavy atom. The van der Waals surface area contributed by atoms with Gasteiger partial charge in [-0.05, 0) is 6.92 Å². The molecule has 20 heavy (non-hydrogen) atoms. The van der Waals surface area contributed by atoms with Crippen LogP contribution in [0, 0.1) is 6.92 Å². The van der Waals surface area contributed by atoms with Gasteiger partial charge in [0.05, 0.1) is 17.1 Å². The van der Waals surface area contributed by atoms with Crippen molar-refractivity contribution in [3.8, 4) is 0 Å². The molecule has 0 spiro atoms. The highest BCUT2D eigenvalue weighted by atomic mass is 15.3. The molecule has 2 aromatic heterocycles. The van der Waals surface area contributed by atoms with Crippen molar-refractivity contribution in [2.24, 2.45) is 7.05 Å². The van der Waals surface area contributed by atoms with Crippen LogP contribution >= 0.6 is 0 Å². The first-order chi connectivity index (χ1) is 9.36. The first kappa shape index (κ1) is 14.7. The number of nitrogens with zero attached hydrogens (tertiary/aromatic N) is 4. The van der Waals surface area contributed by atoms with Gasteiger partial charge in [-0.25, -0.2) is 0 Å². The van der Waals surface area contributed by atoms with Crippen LogP contribution in [0.25, 0.3) is 0 Å². The third-order valence-corrected chi connectivity index (χ3v) is 3.07. The van der Waals surface area contributed by atoms with Crippen molar-refractivity contribution in [3.63, 3.8) is 0 Å². The summed E-state index contributed by atoms with van der Waals surface area (Å²) in [7, 11) is 1.96. The van der Waals surface area contributed by atoms with Gasteiger partial charge in [-0.1, -0.05) is 20.8 Å². The fraction of sp³-hybridized carbons (Fsp3) is 0.533. The van der Waals surface area contributed by atoms with Crippen LogP contribution in [0.1, 0.15) is 43.4 Å². The molecular weight excluding hydrogens is 250 g/mol. The summed E-state index contributed by atoms with van der Waals surface area (Å²) in [5, 5.41) is 7.98. The maximum absolute atomic E-state index is 4.57. The third kappa shape index (κ3) is 3.63. The molecule has 2 heterocycles. The Morgan fingerprint density at radius 2 is 1.90 bits per heavy atom. The predicted octanol–water partition coefficient (Wildman–Crippen LogP) is 2.11. The molecule has 0 amide bonds. The largest absolute Gasteiger partial charge is 0.307 e. The molecule has 2 aromatic rings. The number of hydrogen-bond acceptors (Lipinski definition) is 4. The van der Waals surface area contributed by atoms with Crippen LogP contribution in [0.3, 0.4) is 0 Å². The number of rotatable bonds is 4. The van der Waals surface area contributed by atoms with Crippen molar-refractivity contribution in [1.29, 1.82) is 0 Å². The van der Waals surface area contributed by atoms with Gasteiger partial charge in [0, 0.05) is 49.7 Å². The molecule has 5 heteroatoms. The molecule has 1 N–H and O–H groups in total. The van der Waals surface area contributed by atoms with Crippen LogP contribution < -0.4 is 5.32 Å². The number of aromatic nitrogens is 4. The monoisotopic (exact) mass is 273 g/mol. The highest BCUT2D eigenvalue weighted by molar-refractivity contribution is 5.23. The lowest BCUT2D eigenvalue weighted by Crippen LogP contribution is -2.19. The fourth-order valence-electron chi connectivity index (χ4n) is 2.13. The first-order valence-electron chi connectivity index (χ1n) is 6.87. The van der Waals surface area contributed by atoms with Gasteiger partial charge in [0.1, 0.15) is 0 Å². The Morgan fingerprint density at radius 1 is 1.15 bits per heavy atom. The summed E-state index contributed by atoms with van der Waals surface area (Å²) >= 11 is 0. The maximum Gasteiger partial charge on any atom is 0.0724 e. The van der Waals surface area contributed by atoms with Crippen LogP contribution in [0.15, 0.2) is 18.6 Å². The zero-order valence-corrected chi connectivity index (χ0v) is 12.9. The van der Waals surface area contributed by atoms with Crippen LogP contribution in [0.2, 0.25) is 0 Å². The SMILES string of the molecule is Cc1cnc(CNCc2cn(C)nc2C(C)(C)C)cn1. The van der Waals surface area contributed by atoms with Gasteiger partial charge in [0.15, 0.2) is 0 Å². The summed E-state index contributed by atoms with van der Waals surface area (Å²) in [4.78, 5) is 8.59. The summed E-state index contributed by atoms with van der Waals surface area (Å²) in [5.74, 6) is 0. The van der Waals surface area contributed by atoms with Crippen LogP contribution in [-0.4, -0.2) is 19.7 Å². The smallest absolute Gasteiger partial charge is 0.0724 e. The Hall–Kier alpha value is -1.75. The molecule has 0 aliphatic carbocycles. The molecule has 0 fully saturated rings. The average Bonchev–Trinajstić information content (AvgIpc) is 2.73. The molecule has 108 valence electrons. The predicted molar refractivity (Wildman–Crippen MR) is 79.2 cm³/mol. The van der Waals surface area contributed by atoms with Gasteiger partial charge >= 0.3 is 0 Å². The zero-order chi connectivity index (χ0) is 14.8. The Kier molecular flexibility index (Phi) is 4.18. The normalized spacial score (nSPS) is 11.8.